The third kappa shape index (κ3) is 4.74. The molecular formula is C28H23ClN4O3. The predicted molar refractivity (Wildman–Crippen MR) is 141 cm³/mol. The standard InChI is InChI=1S/C28H23ClN4O3/c1-18-15-25(36-17-24(34)30-22-16-20(29)13-14-23(22)35-2)31-28-26(18)27(19-9-5-3-6-10-19)32-33(28)21-11-7-4-8-12-21/h3-16H,17H2,1-2H3,(H,30,34). The van der Waals surface area contributed by atoms with Gasteiger partial charge < -0.3 is 14.8 Å². The smallest absolute Gasteiger partial charge is 0.262 e. The molecule has 180 valence electrons. The van der Waals surface area contributed by atoms with E-state index in [1.54, 1.807) is 22.9 Å². The SMILES string of the molecule is COc1ccc(Cl)cc1NC(=O)COc1cc(C)c2c(-c3ccccc3)nn(-c3ccccc3)c2n1. The second kappa shape index (κ2) is 10.1. The van der Waals surface area contributed by atoms with Gasteiger partial charge in [0.1, 0.15) is 11.4 Å². The molecule has 2 aromatic heterocycles. The fourth-order valence-electron chi connectivity index (χ4n) is 3.99. The minimum Gasteiger partial charge on any atom is -0.495 e. The number of fused-ring (bicyclic) bond motifs is 1. The topological polar surface area (TPSA) is 78.3 Å². The van der Waals surface area contributed by atoms with Crippen molar-refractivity contribution in [3.63, 3.8) is 0 Å². The van der Waals surface area contributed by atoms with Crippen molar-refractivity contribution < 1.29 is 14.3 Å². The van der Waals surface area contributed by atoms with E-state index >= 15 is 0 Å². The van der Waals surface area contributed by atoms with Crippen molar-refractivity contribution in [2.75, 3.05) is 19.0 Å². The molecule has 36 heavy (non-hydrogen) atoms. The molecule has 5 rings (SSSR count). The van der Waals surface area contributed by atoms with Gasteiger partial charge in [-0.2, -0.15) is 10.1 Å². The summed E-state index contributed by atoms with van der Waals surface area (Å²) in [5.74, 6) is 0.463. The van der Waals surface area contributed by atoms with Crippen LogP contribution < -0.4 is 14.8 Å². The molecule has 3 aromatic carbocycles. The van der Waals surface area contributed by atoms with Crippen LogP contribution in [0.3, 0.4) is 0 Å². The van der Waals surface area contributed by atoms with Crippen LogP contribution in [-0.4, -0.2) is 34.4 Å². The zero-order chi connectivity index (χ0) is 25.1. The summed E-state index contributed by atoms with van der Waals surface area (Å²) in [6.45, 7) is 1.75. The summed E-state index contributed by atoms with van der Waals surface area (Å²) in [6.07, 6.45) is 0. The first kappa shape index (κ1) is 23.4. The molecule has 5 aromatic rings. The highest BCUT2D eigenvalue weighted by molar-refractivity contribution is 6.31. The number of hydrogen-bond donors (Lipinski definition) is 1. The van der Waals surface area contributed by atoms with E-state index in [0.29, 0.717) is 28.0 Å². The Morgan fingerprint density at radius 3 is 2.44 bits per heavy atom. The number of pyridine rings is 1. The van der Waals surface area contributed by atoms with E-state index in [9.17, 15) is 4.79 Å². The predicted octanol–water partition coefficient (Wildman–Crippen LogP) is 6.08. The van der Waals surface area contributed by atoms with Crippen LogP contribution in [0.15, 0.2) is 84.9 Å². The lowest BCUT2D eigenvalue weighted by atomic mass is 10.1. The number of hydrogen-bond acceptors (Lipinski definition) is 5. The number of carbonyl (C=O) groups excluding carboxylic acids is 1. The summed E-state index contributed by atoms with van der Waals surface area (Å²) >= 11 is 6.06. The minimum absolute atomic E-state index is 0.237. The number of methoxy groups -OCH3 is 1. The third-order valence-electron chi connectivity index (χ3n) is 5.65. The van der Waals surface area contributed by atoms with Crippen molar-refractivity contribution in [1.82, 2.24) is 14.8 Å². The highest BCUT2D eigenvalue weighted by atomic mass is 35.5. The Morgan fingerprint density at radius 1 is 1.00 bits per heavy atom. The molecule has 1 amide bonds. The van der Waals surface area contributed by atoms with Crippen LogP contribution in [-0.2, 0) is 4.79 Å². The zero-order valence-electron chi connectivity index (χ0n) is 19.7. The van der Waals surface area contributed by atoms with Gasteiger partial charge in [0.05, 0.1) is 23.9 Å². The van der Waals surface area contributed by atoms with Gasteiger partial charge in [-0.15, -0.1) is 0 Å². The third-order valence-corrected chi connectivity index (χ3v) is 5.88. The van der Waals surface area contributed by atoms with Crippen LogP contribution >= 0.6 is 11.6 Å². The van der Waals surface area contributed by atoms with Crippen molar-refractivity contribution in [3.05, 3.63) is 95.5 Å². The molecule has 2 heterocycles. The maximum absolute atomic E-state index is 12.6. The van der Waals surface area contributed by atoms with Crippen LogP contribution in [0, 0.1) is 6.92 Å². The van der Waals surface area contributed by atoms with Crippen molar-refractivity contribution in [2.24, 2.45) is 0 Å². The normalized spacial score (nSPS) is 10.9. The van der Waals surface area contributed by atoms with E-state index in [2.05, 4.69) is 5.32 Å². The van der Waals surface area contributed by atoms with E-state index < -0.39 is 0 Å². The van der Waals surface area contributed by atoms with Gasteiger partial charge in [-0.3, -0.25) is 4.79 Å². The second-order valence-corrected chi connectivity index (χ2v) is 8.56. The average molecular weight is 499 g/mol. The van der Waals surface area contributed by atoms with Crippen molar-refractivity contribution in [1.29, 1.82) is 0 Å². The fourth-order valence-corrected chi connectivity index (χ4v) is 4.17. The van der Waals surface area contributed by atoms with Crippen LogP contribution in [0.4, 0.5) is 5.69 Å². The highest BCUT2D eigenvalue weighted by Gasteiger charge is 2.19. The first-order valence-electron chi connectivity index (χ1n) is 11.3. The number of ether oxygens (including phenoxy) is 2. The van der Waals surface area contributed by atoms with E-state index in [4.69, 9.17) is 31.2 Å². The molecule has 0 atom stereocenters. The number of anilines is 1. The first-order valence-corrected chi connectivity index (χ1v) is 11.7. The van der Waals surface area contributed by atoms with Crippen molar-refractivity contribution in [3.8, 4) is 28.6 Å². The van der Waals surface area contributed by atoms with Gasteiger partial charge >= 0.3 is 0 Å². The molecule has 7 nitrogen and oxygen atoms in total. The monoisotopic (exact) mass is 498 g/mol. The van der Waals surface area contributed by atoms with Gasteiger partial charge in [0.2, 0.25) is 5.88 Å². The van der Waals surface area contributed by atoms with Crippen LogP contribution in [0.25, 0.3) is 28.0 Å². The lowest BCUT2D eigenvalue weighted by molar-refractivity contribution is -0.118. The molecular weight excluding hydrogens is 476 g/mol. The second-order valence-electron chi connectivity index (χ2n) is 8.12. The average Bonchev–Trinajstić information content (AvgIpc) is 3.29. The number of aryl methyl sites for hydroxylation is 1. The van der Waals surface area contributed by atoms with Gasteiger partial charge in [-0.1, -0.05) is 60.1 Å². The van der Waals surface area contributed by atoms with Crippen LogP contribution in [0.5, 0.6) is 11.6 Å². The van der Waals surface area contributed by atoms with E-state index in [0.717, 1.165) is 27.9 Å². The summed E-state index contributed by atoms with van der Waals surface area (Å²) in [7, 11) is 1.52. The Balaban J connectivity index is 1.47. The number of aromatic nitrogens is 3. The van der Waals surface area contributed by atoms with E-state index in [-0.39, 0.29) is 12.5 Å². The summed E-state index contributed by atoms with van der Waals surface area (Å²) < 4.78 is 12.9. The van der Waals surface area contributed by atoms with Gasteiger partial charge in [-0.05, 0) is 42.8 Å². The molecule has 0 aliphatic carbocycles. The van der Waals surface area contributed by atoms with Gasteiger partial charge in [0.15, 0.2) is 12.3 Å². The minimum atomic E-state index is -0.364. The van der Waals surface area contributed by atoms with Crippen LogP contribution in [0.1, 0.15) is 5.56 Å². The molecule has 1 N–H and O–H groups in total. The van der Waals surface area contributed by atoms with Gasteiger partial charge in [0.25, 0.3) is 5.91 Å². The maximum Gasteiger partial charge on any atom is 0.262 e. The Morgan fingerprint density at radius 2 is 1.72 bits per heavy atom. The molecule has 0 radical (unpaired) electrons. The van der Waals surface area contributed by atoms with Gasteiger partial charge in [-0.25, -0.2) is 4.68 Å². The fraction of sp³-hybridized carbons (Fsp3) is 0.107. The summed E-state index contributed by atoms with van der Waals surface area (Å²) in [6, 6.07) is 26.6. The molecule has 0 spiro atoms. The van der Waals surface area contributed by atoms with Crippen LogP contribution in [0.2, 0.25) is 5.02 Å². The maximum atomic E-state index is 12.6. The lowest BCUT2D eigenvalue weighted by Gasteiger charge is -2.11. The molecule has 8 heteroatoms. The number of para-hydroxylation sites is 1. The molecule has 0 saturated carbocycles. The zero-order valence-corrected chi connectivity index (χ0v) is 20.5. The molecule has 0 aliphatic heterocycles. The summed E-state index contributed by atoms with van der Waals surface area (Å²) in [4.78, 5) is 17.3. The molecule has 0 fully saturated rings. The van der Waals surface area contributed by atoms with Gasteiger partial charge in [0, 0.05) is 16.7 Å². The molecule has 0 unspecified atom stereocenters. The summed E-state index contributed by atoms with van der Waals surface area (Å²) in [5, 5.41) is 9.08. The Hall–Kier alpha value is -4.36. The number of nitrogens with zero attached hydrogens (tertiary/aromatic N) is 3. The molecule has 0 aliphatic rings. The van der Waals surface area contributed by atoms with Crippen molar-refractivity contribution in [2.45, 2.75) is 6.92 Å². The first-order chi connectivity index (χ1) is 17.5. The van der Waals surface area contributed by atoms with Crippen molar-refractivity contribution >= 4 is 34.2 Å². The Bertz CT molecular complexity index is 1540. The summed E-state index contributed by atoms with van der Waals surface area (Å²) in [5.41, 5.74) is 4.75. The quantitative estimate of drug-likeness (QED) is 0.294. The number of halogens is 1. The number of carbonyl (C=O) groups is 1. The largest absolute Gasteiger partial charge is 0.495 e. The molecule has 0 saturated heterocycles. The van der Waals surface area contributed by atoms with E-state index in [1.165, 1.54) is 7.11 Å². The number of amides is 1. The Labute approximate surface area is 213 Å². The Kier molecular flexibility index (Phi) is 6.56. The lowest BCUT2D eigenvalue weighted by Crippen LogP contribution is -2.21. The molecule has 0 bridgehead atoms. The number of nitrogens with one attached hydrogen (secondary N) is 1. The number of rotatable bonds is 7. The van der Waals surface area contributed by atoms with E-state index in [1.807, 2.05) is 73.7 Å². The number of benzene rings is 3. The highest BCUT2D eigenvalue weighted by Crippen LogP contribution is 2.33.